The van der Waals surface area contributed by atoms with Gasteiger partial charge in [0.25, 0.3) is 0 Å². The zero-order valence-electron chi connectivity index (χ0n) is 16.1. The van der Waals surface area contributed by atoms with E-state index in [1.54, 1.807) is 14.2 Å². The summed E-state index contributed by atoms with van der Waals surface area (Å²) in [5.41, 5.74) is 4.50. The molecule has 0 unspecified atom stereocenters. The van der Waals surface area contributed by atoms with Crippen molar-refractivity contribution in [1.29, 1.82) is 0 Å². The first-order valence-electron chi connectivity index (χ1n) is 9.70. The lowest BCUT2D eigenvalue weighted by atomic mass is 9.95. The van der Waals surface area contributed by atoms with Gasteiger partial charge >= 0.3 is 0 Å². The Bertz CT molecular complexity index is 913. The highest BCUT2D eigenvalue weighted by molar-refractivity contribution is 5.79. The predicted molar refractivity (Wildman–Crippen MR) is 109 cm³/mol. The number of fused-ring (bicyclic) bond motifs is 1. The van der Waals surface area contributed by atoms with Crippen LogP contribution in [-0.2, 0) is 6.54 Å². The van der Waals surface area contributed by atoms with Crippen LogP contribution in [0, 0.1) is 0 Å². The highest BCUT2D eigenvalue weighted by Gasteiger charge is 2.17. The Labute approximate surface area is 160 Å². The summed E-state index contributed by atoms with van der Waals surface area (Å²) in [6, 6.07) is 13.1. The van der Waals surface area contributed by atoms with Crippen molar-refractivity contribution in [3.05, 3.63) is 48.3 Å². The average Bonchev–Trinajstić information content (AvgIpc) is 3.16. The van der Waals surface area contributed by atoms with Crippen LogP contribution in [0.3, 0.4) is 0 Å². The summed E-state index contributed by atoms with van der Waals surface area (Å²) in [5.74, 6) is 1.49. The molecule has 3 aromatic rings. The Kier molecular flexibility index (Phi) is 5.19. The Morgan fingerprint density at radius 1 is 1.00 bits per heavy atom. The number of aromatic nitrogens is 2. The van der Waals surface area contributed by atoms with Gasteiger partial charge in [0.15, 0.2) is 11.5 Å². The van der Waals surface area contributed by atoms with Crippen LogP contribution in [0.4, 0.5) is 5.69 Å². The van der Waals surface area contributed by atoms with E-state index in [-0.39, 0.29) is 0 Å². The number of nitrogens with zero attached hydrogens (tertiary/aromatic N) is 2. The van der Waals surface area contributed by atoms with E-state index in [1.807, 2.05) is 24.5 Å². The molecule has 1 heterocycles. The molecule has 0 radical (unpaired) electrons. The fourth-order valence-corrected chi connectivity index (χ4v) is 3.99. The lowest BCUT2D eigenvalue weighted by Gasteiger charge is -2.23. The Morgan fingerprint density at radius 3 is 2.59 bits per heavy atom. The highest BCUT2D eigenvalue weighted by atomic mass is 16.5. The summed E-state index contributed by atoms with van der Waals surface area (Å²) >= 11 is 0. The van der Waals surface area contributed by atoms with Gasteiger partial charge in [-0.25, -0.2) is 4.98 Å². The molecule has 1 fully saturated rings. The number of rotatable bonds is 6. The van der Waals surface area contributed by atoms with Gasteiger partial charge < -0.3 is 19.4 Å². The fraction of sp³-hybridized carbons (Fsp3) is 0.409. The van der Waals surface area contributed by atoms with E-state index in [0.29, 0.717) is 6.04 Å². The number of methoxy groups -OCH3 is 2. The molecule has 0 spiro atoms. The van der Waals surface area contributed by atoms with E-state index >= 15 is 0 Å². The summed E-state index contributed by atoms with van der Waals surface area (Å²) in [6.45, 7) is 0.717. The number of hydrogen-bond acceptors (Lipinski definition) is 4. The van der Waals surface area contributed by atoms with Crippen molar-refractivity contribution in [2.24, 2.45) is 0 Å². The van der Waals surface area contributed by atoms with E-state index in [9.17, 15) is 0 Å². The number of benzene rings is 2. The van der Waals surface area contributed by atoms with Crippen molar-refractivity contribution < 1.29 is 9.47 Å². The molecule has 1 N–H and O–H groups in total. The van der Waals surface area contributed by atoms with Gasteiger partial charge in [-0.1, -0.05) is 25.3 Å². The van der Waals surface area contributed by atoms with E-state index in [2.05, 4.69) is 33.1 Å². The number of ether oxygens (including phenoxy) is 2. The number of nitrogens with one attached hydrogen (secondary N) is 1. The lowest BCUT2D eigenvalue weighted by molar-refractivity contribution is 0.354. The molecule has 0 amide bonds. The quantitative estimate of drug-likeness (QED) is 0.654. The molecule has 1 aliphatic rings. The standard InChI is InChI=1S/C22H27N3O2/c1-26-21-11-8-16(12-22(21)27-2)14-23-17-9-10-20-19(13-17)24-15-25(20)18-6-4-3-5-7-18/h8-13,15,18,23H,3-7,14H2,1-2H3. The van der Waals surface area contributed by atoms with Gasteiger partial charge in [0.2, 0.25) is 0 Å². The number of imidazole rings is 1. The molecule has 0 bridgehead atoms. The summed E-state index contributed by atoms with van der Waals surface area (Å²) in [6.07, 6.45) is 8.58. The minimum atomic E-state index is 0.606. The second kappa shape index (κ2) is 7.91. The second-order valence-electron chi connectivity index (χ2n) is 7.19. The third kappa shape index (κ3) is 3.72. The first kappa shape index (κ1) is 17.7. The first-order valence-corrected chi connectivity index (χ1v) is 9.70. The molecule has 4 rings (SSSR count). The highest BCUT2D eigenvalue weighted by Crippen LogP contribution is 2.32. The molecule has 142 valence electrons. The third-order valence-corrected chi connectivity index (χ3v) is 5.49. The molecule has 5 heteroatoms. The van der Waals surface area contributed by atoms with Gasteiger partial charge in [0, 0.05) is 18.3 Å². The van der Waals surface area contributed by atoms with Crippen molar-refractivity contribution in [2.75, 3.05) is 19.5 Å². The molecule has 1 aliphatic carbocycles. The van der Waals surface area contributed by atoms with Gasteiger partial charge in [0.1, 0.15) is 0 Å². The van der Waals surface area contributed by atoms with E-state index in [1.165, 1.54) is 37.6 Å². The lowest BCUT2D eigenvalue weighted by Crippen LogP contribution is -2.11. The van der Waals surface area contributed by atoms with Gasteiger partial charge in [-0.2, -0.15) is 0 Å². The van der Waals surface area contributed by atoms with Crippen LogP contribution in [0.15, 0.2) is 42.7 Å². The van der Waals surface area contributed by atoms with Crippen molar-refractivity contribution in [2.45, 2.75) is 44.7 Å². The maximum Gasteiger partial charge on any atom is 0.161 e. The average molecular weight is 365 g/mol. The molecular formula is C22H27N3O2. The van der Waals surface area contributed by atoms with Gasteiger partial charge in [-0.3, -0.25) is 0 Å². The summed E-state index contributed by atoms with van der Waals surface area (Å²) in [7, 11) is 3.31. The van der Waals surface area contributed by atoms with Crippen molar-refractivity contribution in [3.8, 4) is 11.5 Å². The molecule has 2 aromatic carbocycles. The van der Waals surface area contributed by atoms with Crippen LogP contribution >= 0.6 is 0 Å². The monoisotopic (exact) mass is 365 g/mol. The topological polar surface area (TPSA) is 48.3 Å². The van der Waals surface area contributed by atoms with E-state index < -0.39 is 0 Å². The van der Waals surface area contributed by atoms with Crippen LogP contribution in [0.1, 0.15) is 43.7 Å². The van der Waals surface area contributed by atoms with Gasteiger partial charge in [-0.05, 0) is 48.7 Å². The first-order chi connectivity index (χ1) is 13.3. The van der Waals surface area contributed by atoms with Crippen LogP contribution < -0.4 is 14.8 Å². The van der Waals surface area contributed by atoms with Crippen LogP contribution in [0.2, 0.25) is 0 Å². The largest absolute Gasteiger partial charge is 0.493 e. The predicted octanol–water partition coefficient (Wildman–Crippen LogP) is 5.17. The fourth-order valence-electron chi connectivity index (χ4n) is 3.99. The summed E-state index contributed by atoms with van der Waals surface area (Å²) in [4.78, 5) is 4.65. The minimum Gasteiger partial charge on any atom is -0.493 e. The van der Waals surface area contributed by atoms with Gasteiger partial charge in [-0.15, -0.1) is 0 Å². The molecule has 1 aromatic heterocycles. The van der Waals surface area contributed by atoms with Crippen molar-refractivity contribution >= 4 is 16.7 Å². The molecule has 5 nitrogen and oxygen atoms in total. The van der Waals surface area contributed by atoms with Crippen LogP contribution in [-0.4, -0.2) is 23.8 Å². The van der Waals surface area contributed by atoms with Crippen LogP contribution in [0.5, 0.6) is 11.5 Å². The molecule has 27 heavy (non-hydrogen) atoms. The molecule has 0 atom stereocenters. The third-order valence-electron chi connectivity index (χ3n) is 5.49. The number of anilines is 1. The van der Waals surface area contributed by atoms with Gasteiger partial charge in [0.05, 0.1) is 31.6 Å². The molecular weight excluding hydrogens is 338 g/mol. The summed E-state index contributed by atoms with van der Waals surface area (Å²) < 4.78 is 13.0. The smallest absolute Gasteiger partial charge is 0.161 e. The molecule has 0 saturated heterocycles. The Morgan fingerprint density at radius 2 is 1.81 bits per heavy atom. The Balaban J connectivity index is 1.48. The van der Waals surface area contributed by atoms with Crippen molar-refractivity contribution in [3.63, 3.8) is 0 Å². The SMILES string of the molecule is COc1ccc(CNc2ccc3c(c2)ncn3C2CCCCC2)cc1OC. The molecule has 1 saturated carbocycles. The van der Waals surface area contributed by atoms with Crippen molar-refractivity contribution in [1.82, 2.24) is 9.55 Å². The van der Waals surface area contributed by atoms with E-state index in [4.69, 9.17) is 9.47 Å². The maximum absolute atomic E-state index is 5.38. The minimum absolute atomic E-state index is 0.606. The number of hydrogen-bond donors (Lipinski definition) is 1. The maximum atomic E-state index is 5.38. The zero-order chi connectivity index (χ0) is 18.6. The molecule has 0 aliphatic heterocycles. The second-order valence-corrected chi connectivity index (χ2v) is 7.19. The summed E-state index contributed by atoms with van der Waals surface area (Å²) in [5, 5.41) is 3.49. The Hall–Kier alpha value is -2.69. The van der Waals surface area contributed by atoms with E-state index in [0.717, 1.165) is 34.8 Å². The normalized spacial score (nSPS) is 15.0. The zero-order valence-corrected chi connectivity index (χ0v) is 16.1. The van der Waals surface area contributed by atoms with Crippen LogP contribution in [0.25, 0.3) is 11.0 Å².